The van der Waals surface area contributed by atoms with Crippen molar-refractivity contribution in [2.75, 3.05) is 25.0 Å². The Bertz CT molecular complexity index is 1710. The number of rotatable bonds is 12. The van der Waals surface area contributed by atoms with Gasteiger partial charge in [0.1, 0.15) is 18.3 Å². The predicted octanol–water partition coefficient (Wildman–Crippen LogP) is 5.66. The van der Waals surface area contributed by atoms with Crippen molar-refractivity contribution in [1.29, 1.82) is 0 Å². The highest BCUT2D eigenvalue weighted by Crippen LogP contribution is 2.34. The van der Waals surface area contributed by atoms with E-state index in [0.717, 1.165) is 31.0 Å². The van der Waals surface area contributed by atoms with Crippen LogP contribution in [0.5, 0.6) is 5.75 Å². The SMILES string of the molecule is CNC(=O)[C@@H](Cc1ccccc1)N(Cc1cccc(Br)c1)C(=O)CN(c1cc(C)ccc1OC)S(=O)(=O)c1ccc(C)cc1. The van der Waals surface area contributed by atoms with E-state index >= 15 is 0 Å². The third-order valence-electron chi connectivity index (χ3n) is 7.25. The summed E-state index contributed by atoms with van der Waals surface area (Å²) in [6, 6.07) is 27.6. The lowest BCUT2D eigenvalue weighted by Gasteiger charge is -2.34. The van der Waals surface area contributed by atoms with Crippen molar-refractivity contribution in [1.82, 2.24) is 10.2 Å². The highest BCUT2D eigenvalue weighted by molar-refractivity contribution is 9.10. The number of amides is 2. The van der Waals surface area contributed by atoms with Crippen LogP contribution in [0.1, 0.15) is 22.3 Å². The van der Waals surface area contributed by atoms with Crippen LogP contribution in [-0.4, -0.2) is 51.9 Å². The molecule has 44 heavy (non-hydrogen) atoms. The number of carbonyl (C=O) groups is 2. The van der Waals surface area contributed by atoms with Gasteiger partial charge in [-0.05, 0) is 66.9 Å². The number of ether oxygens (including phenoxy) is 1. The molecule has 0 radical (unpaired) electrons. The van der Waals surface area contributed by atoms with E-state index in [1.54, 1.807) is 24.3 Å². The number of methoxy groups -OCH3 is 1. The molecule has 0 fully saturated rings. The molecule has 0 aromatic heterocycles. The van der Waals surface area contributed by atoms with E-state index in [0.29, 0.717) is 5.75 Å². The summed E-state index contributed by atoms with van der Waals surface area (Å²) in [5.41, 5.74) is 3.54. The van der Waals surface area contributed by atoms with Crippen molar-refractivity contribution in [3.05, 3.63) is 124 Å². The maximum absolute atomic E-state index is 14.5. The minimum atomic E-state index is -4.24. The van der Waals surface area contributed by atoms with Crippen LogP contribution >= 0.6 is 15.9 Å². The standard InChI is InChI=1S/C34H36BrN3O5S/c1-24-13-16-29(17-14-24)44(41,42)38(30-19-25(2)15-18-32(30)43-4)23-33(39)37(22-27-11-8-12-28(35)20-27)31(34(40)36-3)21-26-9-6-5-7-10-26/h5-20,31H,21-23H2,1-4H3,(H,36,40)/t31-/m1/s1. The van der Waals surface area contributed by atoms with Gasteiger partial charge in [0, 0.05) is 24.5 Å². The van der Waals surface area contributed by atoms with Crippen molar-refractivity contribution < 1.29 is 22.7 Å². The molecule has 0 saturated carbocycles. The van der Waals surface area contributed by atoms with E-state index in [1.807, 2.05) is 74.5 Å². The zero-order valence-corrected chi connectivity index (χ0v) is 27.6. The smallest absolute Gasteiger partial charge is 0.264 e. The van der Waals surface area contributed by atoms with Crippen molar-refractivity contribution in [3.63, 3.8) is 0 Å². The monoisotopic (exact) mass is 677 g/mol. The first kappa shape index (κ1) is 32.8. The second-order valence-electron chi connectivity index (χ2n) is 10.5. The Kier molecular flexibility index (Phi) is 10.8. The fraction of sp³-hybridized carbons (Fsp3) is 0.235. The van der Waals surface area contributed by atoms with Gasteiger partial charge in [-0.3, -0.25) is 13.9 Å². The molecule has 1 atom stereocenters. The summed E-state index contributed by atoms with van der Waals surface area (Å²) in [7, 11) is -1.27. The average Bonchev–Trinajstić information content (AvgIpc) is 3.01. The number of carbonyl (C=O) groups excluding carboxylic acids is 2. The minimum Gasteiger partial charge on any atom is -0.495 e. The lowest BCUT2D eigenvalue weighted by molar-refractivity contribution is -0.139. The number of sulfonamides is 1. The first-order valence-electron chi connectivity index (χ1n) is 14.1. The first-order chi connectivity index (χ1) is 21.0. The molecule has 0 heterocycles. The molecule has 230 valence electrons. The minimum absolute atomic E-state index is 0.0325. The Balaban J connectivity index is 1.84. The van der Waals surface area contributed by atoms with Gasteiger partial charge in [0.2, 0.25) is 11.8 Å². The molecular weight excluding hydrogens is 642 g/mol. The summed E-state index contributed by atoms with van der Waals surface area (Å²) < 4.78 is 36.0. The van der Waals surface area contributed by atoms with Gasteiger partial charge in [-0.25, -0.2) is 8.42 Å². The van der Waals surface area contributed by atoms with E-state index < -0.39 is 28.5 Å². The van der Waals surface area contributed by atoms with Crippen molar-refractivity contribution in [2.24, 2.45) is 0 Å². The number of halogens is 1. The third kappa shape index (κ3) is 7.86. The molecule has 4 aromatic rings. The van der Waals surface area contributed by atoms with Crippen molar-refractivity contribution in [2.45, 2.75) is 37.8 Å². The maximum Gasteiger partial charge on any atom is 0.264 e. The number of nitrogens with zero attached hydrogens (tertiary/aromatic N) is 2. The van der Waals surface area contributed by atoms with Crippen LogP contribution in [0.4, 0.5) is 5.69 Å². The quantitative estimate of drug-likeness (QED) is 0.209. The Labute approximate surface area is 267 Å². The van der Waals surface area contributed by atoms with E-state index in [9.17, 15) is 18.0 Å². The van der Waals surface area contributed by atoms with Gasteiger partial charge >= 0.3 is 0 Å². The van der Waals surface area contributed by atoms with E-state index in [-0.39, 0.29) is 29.5 Å². The van der Waals surface area contributed by atoms with Gasteiger partial charge in [0.15, 0.2) is 0 Å². The summed E-state index contributed by atoms with van der Waals surface area (Å²) >= 11 is 3.49. The second-order valence-corrected chi connectivity index (χ2v) is 13.2. The number of benzene rings is 4. The van der Waals surface area contributed by atoms with Gasteiger partial charge in [0.25, 0.3) is 10.0 Å². The first-order valence-corrected chi connectivity index (χ1v) is 16.3. The highest BCUT2D eigenvalue weighted by atomic mass is 79.9. The normalized spacial score (nSPS) is 11.8. The van der Waals surface area contributed by atoms with E-state index in [4.69, 9.17) is 4.74 Å². The molecule has 0 bridgehead atoms. The molecule has 4 aromatic carbocycles. The summed E-state index contributed by atoms with van der Waals surface area (Å²) in [5.74, 6) is -0.614. The average molecular weight is 679 g/mol. The summed E-state index contributed by atoms with van der Waals surface area (Å²) in [6.45, 7) is 3.22. The Hall–Kier alpha value is -4.15. The van der Waals surface area contributed by atoms with Crippen LogP contribution < -0.4 is 14.4 Å². The molecule has 0 saturated heterocycles. The molecular formula is C34H36BrN3O5S. The topological polar surface area (TPSA) is 96.0 Å². The molecule has 4 rings (SSSR count). The maximum atomic E-state index is 14.5. The van der Waals surface area contributed by atoms with E-state index in [2.05, 4.69) is 21.2 Å². The van der Waals surface area contributed by atoms with Crippen molar-refractivity contribution in [3.8, 4) is 5.75 Å². The fourth-order valence-electron chi connectivity index (χ4n) is 4.90. The molecule has 0 aliphatic carbocycles. The summed E-state index contributed by atoms with van der Waals surface area (Å²) in [6.07, 6.45) is 0.235. The van der Waals surface area contributed by atoms with Crippen LogP contribution in [0.2, 0.25) is 0 Å². The number of nitrogens with one attached hydrogen (secondary N) is 1. The second kappa shape index (κ2) is 14.5. The molecule has 8 nitrogen and oxygen atoms in total. The summed E-state index contributed by atoms with van der Waals surface area (Å²) in [4.78, 5) is 29.4. The summed E-state index contributed by atoms with van der Waals surface area (Å²) in [5, 5.41) is 2.70. The number of hydrogen-bond donors (Lipinski definition) is 1. The van der Waals surface area contributed by atoms with E-state index in [1.165, 1.54) is 31.2 Å². The number of hydrogen-bond acceptors (Lipinski definition) is 5. The van der Waals surface area contributed by atoms with Gasteiger partial charge in [-0.1, -0.05) is 82.2 Å². The molecule has 0 aliphatic rings. The zero-order valence-electron chi connectivity index (χ0n) is 25.2. The van der Waals surface area contributed by atoms with Crippen LogP contribution in [0.25, 0.3) is 0 Å². The largest absolute Gasteiger partial charge is 0.495 e. The van der Waals surface area contributed by atoms with Gasteiger partial charge in [-0.2, -0.15) is 0 Å². The fourth-order valence-corrected chi connectivity index (χ4v) is 6.76. The number of aryl methyl sites for hydroxylation is 2. The van der Waals surface area contributed by atoms with Gasteiger partial charge in [0.05, 0.1) is 17.7 Å². The zero-order chi connectivity index (χ0) is 31.9. The molecule has 1 N–H and O–H groups in total. The molecule has 0 aliphatic heterocycles. The molecule has 2 amide bonds. The molecule has 10 heteroatoms. The molecule has 0 unspecified atom stereocenters. The van der Waals surface area contributed by atoms with Crippen molar-refractivity contribution >= 4 is 43.5 Å². The van der Waals surface area contributed by atoms with Gasteiger partial charge in [-0.15, -0.1) is 0 Å². The molecule has 0 spiro atoms. The number of anilines is 1. The van der Waals surface area contributed by atoms with Crippen LogP contribution in [0, 0.1) is 13.8 Å². The van der Waals surface area contributed by atoms with Crippen LogP contribution in [0.3, 0.4) is 0 Å². The Morgan fingerprint density at radius 1 is 0.864 bits per heavy atom. The predicted molar refractivity (Wildman–Crippen MR) is 176 cm³/mol. The lowest BCUT2D eigenvalue weighted by atomic mass is 10.0. The lowest BCUT2D eigenvalue weighted by Crippen LogP contribution is -2.53. The third-order valence-corrected chi connectivity index (χ3v) is 9.52. The Morgan fingerprint density at radius 3 is 2.16 bits per heavy atom. The Morgan fingerprint density at radius 2 is 1.52 bits per heavy atom. The number of likely N-dealkylation sites (N-methyl/N-ethyl adjacent to an activating group) is 1. The van der Waals surface area contributed by atoms with Crippen LogP contribution in [0.15, 0.2) is 106 Å². The highest BCUT2D eigenvalue weighted by Gasteiger charge is 2.35. The van der Waals surface area contributed by atoms with Crippen LogP contribution in [-0.2, 0) is 32.6 Å². The van der Waals surface area contributed by atoms with Gasteiger partial charge < -0.3 is 15.0 Å².